The molecule has 15 heteroatoms. The molecule has 45 heavy (non-hydrogen) atoms. The van der Waals surface area contributed by atoms with E-state index in [0.717, 1.165) is 43.5 Å². The maximum Gasteiger partial charge on any atom is 0.490 e. The highest BCUT2D eigenvalue weighted by Crippen LogP contribution is 2.39. The summed E-state index contributed by atoms with van der Waals surface area (Å²) in [6, 6.07) is 15.6. The van der Waals surface area contributed by atoms with E-state index in [2.05, 4.69) is 28.1 Å². The SMILES string of the molecule is O=C(O)C(F)(F)F.O=C1Cc2cc(C(=O)N[C@H]3C[C@H]4CC[C@@H](C3)N4S(=O)(=O)N3CCC(NCc4ccccc4)CC3)ccc2N1. The van der Waals surface area contributed by atoms with E-state index >= 15 is 0 Å². The third kappa shape index (κ3) is 7.83. The van der Waals surface area contributed by atoms with Gasteiger partial charge in [0.25, 0.3) is 16.1 Å². The Kier molecular flexibility index (Phi) is 9.82. The first-order valence-electron chi connectivity index (χ1n) is 14.9. The number of hydrogen-bond acceptors (Lipinski definition) is 6. The molecule has 4 aliphatic rings. The topological polar surface area (TPSA) is 148 Å². The summed E-state index contributed by atoms with van der Waals surface area (Å²) >= 11 is 0. The average molecular weight is 652 g/mol. The van der Waals surface area contributed by atoms with E-state index in [4.69, 9.17) is 9.90 Å². The van der Waals surface area contributed by atoms with Gasteiger partial charge in [-0.3, -0.25) is 9.59 Å². The van der Waals surface area contributed by atoms with Crippen LogP contribution in [0.3, 0.4) is 0 Å². The number of carbonyl (C=O) groups excluding carboxylic acids is 2. The fraction of sp³-hybridized carbons (Fsp3) is 0.500. The number of carboxylic acid groups (broad SMARTS) is 1. The highest BCUT2D eigenvalue weighted by Gasteiger charge is 2.49. The minimum absolute atomic E-state index is 0.0598. The normalized spacial score (nSPS) is 23.9. The Morgan fingerprint density at radius 3 is 2.18 bits per heavy atom. The van der Waals surface area contributed by atoms with Gasteiger partial charge in [0.2, 0.25) is 5.91 Å². The van der Waals surface area contributed by atoms with Gasteiger partial charge in [-0.15, -0.1) is 0 Å². The van der Waals surface area contributed by atoms with Gasteiger partial charge in [0.05, 0.1) is 6.42 Å². The average Bonchev–Trinajstić information content (AvgIpc) is 3.52. The number of hydrogen-bond donors (Lipinski definition) is 4. The van der Waals surface area contributed by atoms with Crippen molar-refractivity contribution >= 4 is 33.7 Å². The van der Waals surface area contributed by atoms with Crippen LogP contribution < -0.4 is 16.0 Å². The zero-order chi connectivity index (χ0) is 32.4. The Morgan fingerprint density at radius 2 is 1.58 bits per heavy atom. The fourth-order valence-electron chi connectivity index (χ4n) is 6.55. The number of rotatable bonds is 7. The molecule has 0 aliphatic carbocycles. The van der Waals surface area contributed by atoms with Crippen LogP contribution in [0, 0.1) is 0 Å². The predicted molar refractivity (Wildman–Crippen MR) is 158 cm³/mol. The number of aliphatic carboxylic acids is 1. The lowest BCUT2D eigenvalue weighted by molar-refractivity contribution is -0.192. The third-order valence-corrected chi connectivity index (χ3v) is 10.9. The molecule has 2 aromatic rings. The van der Waals surface area contributed by atoms with E-state index < -0.39 is 22.4 Å². The van der Waals surface area contributed by atoms with Crippen molar-refractivity contribution in [2.45, 2.75) is 81.8 Å². The molecule has 3 atom stereocenters. The van der Waals surface area contributed by atoms with Gasteiger partial charge in [-0.2, -0.15) is 30.2 Å². The number of carbonyl (C=O) groups is 3. The molecule has 2 bridgehead atoms. The molecule has 0 spiro atoms. The van der Waals surface area contributed by atoms with Crippen LogP contribution in [-0.4, -0.2) is 83.4 Å². The molecule has 4 aliphatic heterocycles. The number of fused-ring (bicyclic) bond motifs is 3. The van der Waals surface area contributed by atoms with Crippen LogP contribution in [0.15, 0.2) is 48.5 Å². The van der Waals surface area contributed by atoms with Gasteiger partial charge < -0.3 is 21.1 Å². The number of alkyl halides is 3. The van der Waals surface area contributed by atoms with Crippen LogP contribution in [0.25, 0.3) is 0 Å². The molecule has 0 aromatic heterocycles. The number of piperidine rings is 2. The lowest BCUT2D eigenvalue weighted by Crippen LogP contribution is -2.57. The standard InChI is InChI=1S/C28H35N5O4S.C2HF3O2/c34-27-15-21-14-20(6-9-26(21)31-27)28(35)30-23-16-24-7-8-25(17-23)33(24)38(36,37)32-12-10-22(11-13-32)29-18-19-4-2-1-3-5-19;3-2(4,5)1(6)7/h1-6,9,14,22-25,29H,7-8,10-13,15-18H2,(H,30,35)(H,31,34);(H,6,7)/t23-,24+,25-;. The summed E-state index contributed by atoms with van der Waals surface area (Å²) in [7, 11) is -3.54. The molecule has 6 rings (SSSR count). The van der Waals surface area contributed by atoms with Crippen molar-refractivity contribution in [1.82, 2.24) is 19.2 Å². The third-order valence-electron chi connectivity index (χ3n) is 8.72. The van der Waals surface area contributed by atoms with E-state index in [0.29, 0.717) is 37.5 Å². The Balaban J connectivity index is 0.000000515. The highest BCUT2D eigenvalue weighted by atomic mass is 32.2. The molecule has 2 aromatic carbocycles. The maximum atomic E-state index is 13.7. The van der Waals surface area contributed by atoms with Gasteiger partial charge in [-0.1, -0.05) is 30.3 Å². The molecule has 4 N–H and O–H groups in total. The number of halogens is 3. The van der Waals surface area contributed by atoms with Crippen LogP contribution in [0.4, 0.5) is 18.9 Å². The molecule has 0 unspecified atom stereocenters. The molecular weight excluding hydrogens is 615 g/mol. The van der Waals surface area contributed by atoms with E-state index in [1.165, 1.54) is 5.56 Å². The maximum absolute atomic E-state index is 13.7. The second-order valence-corrected chi connectivity index (χ2v) is 13.6. The van der Waals surface area contributed by atoms with Crippen LogP contribution in [0.1, 0.15) is 60.0 Å². The van der Waals surface area contributed by atoms with Crippen LogP contribution >= 0.6 is 0 Å². The molecule has 4 heterocycles. The molecule has 11 nitrogen and oxygen atoms in total. The Labute approximate surface area is 259 Å². The molecule has 2 amide bonds. The second kappa shape index (κ2) is 13.4. The summed E-state index contributed by atoms with van der Waals surface area (Å²) in [5, 5.41) is 16.6. The first kappa shape index (κ1) is 32.9. The van der Waals surface area contributed by atoms with Gasteiger partial charge in [0.15, 0.2) is 0 Å². The number of amides is 2. The molecular formula is C30H36F3N5O6S. The van der Waals surface area contributed by atoms with Crippen LogP contribution in [0.2, 0.25) is 0 Å². The van der Waals surface area contributed by atoms with Crippen molar-refractivity contribution in [3.05, 3.63) is 65.2 Å². The van der Waals surface area contributed by atoms with Gasteiger partial charge in [0, 0.05) is 55.1 Å². The first-order valence-corrected chi connectivity index (χ1v) is 16.3. The minimum Gasteiger partial charge on any atom is -0.475 e. The lowest BCUT2D eigenvalue weighted by atomic mass is 9.99. The quantitative estimate of drug-likeness (QED) is 0.360. The minimum atomic E-state index is -5.08. The molecule has 3 saturated heterocycles. The fourth-order valence-corrected chi connectivity index (χ4v) is 8.63. The van der Waals surface area contributed by atoms with Crippen molar-refractivity contribution in [1.29, 1.82) is 0 Å². The van der Waals surface area contributed by atoms with Crippen LogP contribution in [0.5, 0.6) is 0 Å². The molecule has 0 saturated carbocycles. The smallest absolute Gasteiger partial charge is 0.475 e. The zero-order valence-corrected chi connectivity index (χ0v) is 25.2. The van der Waals surface area contributed by atoms with E-state index in [1.807, 2.05) is 18.2 Å². The van der Waals surface area contributed by atoms with Gasteiger partial charge in [-0.05, 0) is 67.9 Å². The number of benzene rings is 2. The largest absolute Gasteiger partial charge is 0.490 e. The van der Waals surface area contributed by atoms with Crippen molar-refractivity contribution in [3.63, 3.8) is 0 Å². The molecule has 0 radical (unpaired) electrons. The summed E-state index contributed by atoms with van der Waals surface area (Å²) in [6.45, 7) is 1.85. The lowest BCUT2D eigenvalue weighted by Gasteiger charge is -2.42. The van der Waals surface area contributed by atoms with E-state index in [1.54, 1.807) is 26.8 Å². The number of carboxylic acids is 1. The van der Waals surface area contributed by atoms with E-state index in [9.17, 15) is 31.2 Å². The van der Waals surface area contributed by atoms with Crippen molar-refractivity contribution in [2.24, 2.45) is 0 Å². The summed E-state index contributed by atoms with van der Waals surface area (Å²) in [4.78, 5) is 33.5. The summed E-state index contributed by atoms with van der Waals surface area (Å²) in [5.74, 6) is -2.99. The number of anilines is 1. The van der Waals surface area contributed by atoms with Gasteiger partial charge in [-0.25, -0.2) is 4.79 Å². The first-order chi connectivity index (χ1) is 21.3. The summed E-state index contributed by atoms with van der Waals surface area (Å²) in [6.07, 6.45) is -0.276. The van der Waals surface area contributed by atoms with Crippen molar-refractivity contribution < 1.29 is 41.1 Å². The van der Waals surface area contributed by atoms with Crippen molar-refractivity contribution in [2.75, 3.05) is 18.4 Å². The number of nitrogens with zero attached hydrogens (tertiary/aromatic N) is 2. The zero-order valence-electron chi connectivity index (χ0n) is 24.4. The summed E-state index contributed by atoms with van der Waals surface area (Å²) in [5.41, 5.74) is 3.37. The predicted octanol–water partition coefficient (Wildman–Crippen LogP) is 3.04. The highest BCUT2D eigenvalue weighted by molar-refractivity contribution is 7.86. The van der Waals surface area contributed by atoms with E-state index in [-0.39, 0.29) is 36.4 Å². The monoisotopic (exact) mass is 651 g/mol. The Morgan fingerprint density at radius 1 is 0.956 bits per heavy atom. The molecule has 244 valence electrons. The van der Waals surface area contributed by atoms with Crippen LogP contribution in [-0.2, 0) is 32.8 Å². The Bertz CT molecular complexity index is 1500. The molecule has 3 fully saturated rings. The van der Waals surface area contributed by atoms with Gasteiger partial charge >= 0.3 is 12.1 Å². The van der Waals surface area contributed by atoms with Gasteiger partial charge in [0.1, 0.15) is 0 Å². The Hall–Kier alpha value is -3.53. The van der Waals surface area contributed by atoms with Crippen molar-refractivity contribution in [3.8, 4) is 0 Å². The summed E-state index contributed by atoms with van der Waals surface area (Å²) < 4.78 is 62.5. The second-order valence-electron chi connectivity index (χ2n) is 11.8. The number of nitrogens with one attached hydrogen (secondary N) is 3.